The molecule has 0 bridgehead atoms. The highest BCUT2D eigenvalue weighted by molar-refractivity contribution is 5.97. The van der Waals surface area contributed by atoms with E-state index in [0.29, 0.717) is 35.5 Å². The highest BCUT2D eigenvalue weighted by Crippen LogP contribution is 2.32. The van der Waals surface area contributed by atoms with Crippen LogP contribution in [0.15, 0.2) is 61.2 Å². The second kappa shape index (κ2) is 8.77. The van der Waals surface area contributed by atoms with Crippen molar-refractivity contribution in [1.29, 1.82) is 0 Å². The van der Waals surface area contributed by atoms with Gasteiger partial charge in [-0.15, -0.1) is 5.10 Å². The van der Waals surface area contributed by atoms with E-state index >= 15 is 0 Å². The molecule has 0 N–H and O–H groups in total. The summed E-state index contributed by atoms with van der Waals surface area (Å²) < 4.78 is 44.4. The van der Waals surface area contributed by atoms with E-state index < -0.39 is 30.7 Å². The standard InChI is InChI=1S/C24H21F3N6O/c1-15-11-31(14-28-15)21-8-7-17(10-18(21)25)19-12-33(30-29-19)22-9-6-16-4-2-3-5-20(16)32(24(22)34)13-23(26)27/h2-5,7-8,10-12,14,22-23H,6,9,13H2,1H3. The van der Waals surface area contributed by atoms with Crippen LogP contribution in [0.3, 0.4) is 0 Å². The van der Waals surface area contributed by atoms with Crippen LogP contribution in [-0.2, 0) is 11.2 Å². The monoisotopic (exact) mass is 466 g/mol. The van der Waals surface area contributed by atoms with E-state index in [9.17, 15) is 18.0 Å². The van der Waals surface area contributed by atoms with Crippen molar-refractivity contribution in [1.82, 2.24) is 24.5 Å². The van der Waals surface area contributed by atoms with Gasteiger partial charge in [0.2, 0.25) is 0 Å². The lowest BCUT2D eigenvalue weighted by molar-refractivity contribution is -0.122. The van der Waals surface area contributed by atoms with Crippen LogP contribution in [0.4, 0.5) is 18.9 Å². The maximum absolute atomic E-state index is 14.8. The maximum Gasteiger partial charge on any atom is 0.256 e. The number of imidazole rings is 1. The number of hydrogen-bond acceptors (Lipinski definition) is 4. The van der Waals surface area contributed by atoms with E-state index in [2.05, 4.69) is 15.3 Å². The Balaban J connectivity index is 1.44. The lowest BCUT2D eigenvalue weighted by atomic mass is 10.1. The molecule has 0 spiro atoms. The van der Waals surface area contributed by atoms with Crippen LogP contribution in [-0.4, -0.2) is 43.4 Å². The molecule has 1 atom stereocenters. The van der Waals surface area contributed by atoms with Gasteiger partial charge in [0, 0.05) is 17.4 Å². The highest BCUT2D eigenvalue weighted by atomic mass is 19.3. The average Bonchev–Trinajstić information content (AvgIpc) is 3.44. The smallest absolute Gasteiger partial charge is 0.256 e. The number of carbonyl (C=O) groups is 1. The van der Waals surface area contributed by atoms with Gasteiger partial charge in [0.15, 0.2) is 0 Å². The molecule has 1 aliphatic rings. The minimum absolute atomic E-state index is 0.344. The number of carbonyl (C=O) groups excluding carboxylic acids is 1. The number of benzene rings is 2. The topological polar surface area (TPSA) is 68.8 Å². The molecule has 2 aromatic carbocycles. The zero-order chi connectivity index (χ0) is 23.8. The van der Waals surface area contributed by atoms with Crippen LogP contribution in [0, 0.1) is 12.7 Å². The van der Waals surface area contributed by atoms with Gasteiger partial charge < -0.3 is 9.47 Å². The second-order valence-corrected chi connectivity index (χ2v) is 8.20. The Hall–Kier alpha value is -3.95. The number of nitrogens with zero attached hydrogens (tertiary/aromatic N) is 6. The molecular weight excluding hydrogens is 445 g/mol. The Morgan fingerprint density at radius 1 is 1.12 bits per heavy atom. The van der Waals surface area contributed by atoms with Gasteiger partial charge in [-0.25, -0.2) is 22.8 Å². The van der Waals surface area contributed by atoms with Crippen molar-refractivity contribution in [2.45, 2.75) is 32.2 Å². The van der Waals surface area contributed by atoms with Crippen LogP contribution in [0.2, 0.25) is 0 Å². The molecule has 174 valence electrons. The van der Waals surface area contributed by atoms with Crippen LogP contribution >= 0.6 is 0 Å². The van der Waals surface area contributed by atoms with Crippen molar-refractivity contribution >= 4 is 11.6 Å². The van der Waals surface area contributed by atoms with E-state index in [1.54, 1.807) is 41.2 Å². The Bertz CT molecular complexity index is 1350. The minimum atomic E-state index is -2.68. The van der Waals surface area contributed by atoms with Gasteiger partial charge in [0.25, 0.3) is 12.3 Å². The largest absolute Gasteiger partial charge is 0.305 e. The number of anilines is 1. The summed E-state index contributed by atoms with van der Waals surface area (Å²) in [4.78, 5) is 18.5. The summed E-state index contributed by atoms with van der Waals surface area (Å²) >= 11 is 0. The summed E-state index contributed by atoms with van der Waals surface area (Å²) in [5, 5.41) is 8.21. The molecule has 0 aliphatic carbocycles. The average molecular weight is 466 g/mol. The van der Waals surface area contributed by atoms with Gasteiger partial charge in [0.1, 0.15) is 17.6 Å². The van der Waals surface area contributed by atoms with Gasteiger partial charge in [0.05, 0.1) is 30.5 Å². The zero-order valence-corrected chi connectivity index (χ0v) is 18.3. The summed E-state index contributed by atoms with van der Waals surface area (Å²) in [6.45, 7) is 1.12. The maximum atomic E-state index is 14.8. The summed E-state index contributed by atoms with van der Waals surface area (Å²) in [5.74, 6) is -0.938. The first-order chi connectivity index (χ1) is 16.4. The van der Waals surface area contributed by atoms with E-state index in [4.69, 9.17) is 0 Å². The van der Waals surface area contributed by atoms with Gasteiger partial charge >= 0.3 is 0 Å². The van der Waals surface area contributed by atoms with Crippen LogP contribution in [0.25, 0.3) is 16.9 Å². The molecule has 7 nitrogen and oxygen atoms in total. The first kappa shape index (κ1) is 21.9. The van der Waals surface area contributed by atoms with Crippen LogP contribution in [0.5, 0.6) is 0 Å². The van der Waals surface area contributed by atoms with Crippen LogP contribution < -0.4 is 4.90 Å². The van der Waals surface area contributed by atoms with Crippen molar-refractivity contribution in [3.63, 3.8) is 0 Å². The van der Waals surface area contributed by atoms with E-state index in [1.165, 1.54) is 17.1 Å². The predicted molar refractivity (Wildman–Crippen MR) is 119 cm³/mol. The third-order valence-corrected chi connectivity index (χ3v) is 5.90. The van der Waals surface area contributed by atoms with Crippen molar-refractivity contribution in [2.24, 2.45) is 0 Å². The zero-order valence-electron chi connectivity index (χ0n) is 18.3. The molecule has 0 saturated heterocycles. The number of fused-ring (bicyclic) bond motifs is 1. The minimum Gasteiger partial charge on any atom is -0.305 e. The van der Waals surface area contributed by atoms with Crippen molar-refractivity contribution in [2.75, 3.05) is 11.4 Å². The molecule has 34 heavy (non-hydrogen) atoms. The van der Waals surface area contributed by atoms with E-state index in [1.807, 2.05) is 19.1 Å². The van der Waals surface area contributed by atoms with E-state index in [0.717, 1.165) is 16.2 Å². The van der Waals surface area contributed by atoms with Crippen molar-refractivity contribution < 1.29 is 18.0 Å². The molecule has 0 fully saturated rings. The molecule has 10 heteroatoms. The summed E-state index contributed by atoms with van der Waals surface area (Å²) in [5.41, 5.74) is 3.29. The molecule has 1 unspecified atom stereocenters. The number of amides is 1. The third kappa shape index (κ3) is 4.07. The Labute approximate surface area is 193 Å². The summed E-state index contributed by atoms with van der Waals surface area (Å²) in [7, 11) is 0. The molecule has 2 aromatic heterocycles. The van der Waals surface area contributed by atoms with Gasteiger partial charge in [-0.1, -0.05) is 29.5 Å². The lowest BCUT2D eigenvalue weighted by Gasteiger charge is -2.25. The Kier molecular flexibility index (Phi) is 5.64. The molecule has 4 aromatic rings. The molecule has 0 saturated carbocycles. The Morgan fingerprint density at radius 3 is 2.68 bits per heavy atom. The summed E-state index contributed by atoms with van der Waals surface area (Å²) in [6, 6.07) is 10.9. The van der Waals surface area contributed by atoms with E-state index in [-0.39, 0.29) is 0 Å². The highest BCUT2D eigenvalue weighted by Gasteiger charge is 2.33. The molecule has 1 amide bonds. The molecule has 0 radical (unpaired) electrons. The number of hydrogen-bond donors (Lipinski definition) is 0. The number of aromatic nitrogens is 5. The fourth-order valence-electron chi connectivity index (χ4n) is 4.26. The molecule has 3 heterocycles. The first-order valence-corrected chi connectivity index (χ1v) is 10.8. The molecular formula is C24H21F3N6O. The van der Waals surface area contributed by atoms with Crippen LogP contribution in [0.1, 0.15) is 23.7 Å². The number of para-hydroxylation sites is 1. The Morgan fingerprint density at radius 2 is 1.94 bits per heavy atom. The van der Waals surface area contributed by atoms with Gasteiger partial charge in [-0.3, -0.25) is 4.79 Å². The molecule has 1 aliphatic heterocycles. The third-order valence-electron chi connectivity index (χ3n) is 5.90. The number of alkyl halides is 2. The van der Waals surface area contributed by atoms with Crippen molar-refractivity contribution in [3.05, 3.63) is 78.3 Å². The lowest BCUT2D eigenvalue weighted by Crippen LogP contribution is -2.39. The first-order valence-electron chi connectivity index (χ1n) is 10.8. The number of rotatable bonds is 5. The normalized spacial score (nSPS) is 16.1. The van der Waals surface area contributed by atoms with Gasteiger partial charge in [-0.2, -0.15) is 0 Å². The predicted octanol–water partition coefficient (Wildman–Crippen LogP) is 4.36. The number of halogens is 3. The SMILES string of the molecule is Cc1cn(-c2ccc(-c3cn(C4CCc5ccccc5N(CC(F)F)C4=O)nn3)cc2F)cn1. The summed E-state index contributed by atoms with van der Waals surface area (Å²) in [6.07, 6.45) is 3.03. The van der Waals surface area contributed by atoms with Gasteiger partial charge in [-0.05, 0) is 43.5 Å². The fraction of sp³-hybridized carbons (Fsp3) is 0.250. The van der Waals surface area contributed by atoms with Crippen molar-refractivity contribution in [3.8, 4) is 16.9 Å². The quantitative estimate of drug-likeness (QED) is 0.438. The second-order valence-electron chi connectivity index (χ2n) is 8.20. The fourth-order valence-corrected chi connectivity index (χ4v) is 4.26. The molecule has 5 rings (SSSR count). The number of aryl methyl sites for hydroxylation is 2.